The summed E-state index contributed by atoms with van der Waals surface area (Å²) in [5.74, 6) is -0.708. The fraction of sp³-hybridized carbons (Fsp3) is 0.500. The lowest BCUT2D eigenvalue weighted by atomic mass is 10.0. The molecular formula is C14H19O6PS. The third kappa shape index (κ3) is 5.83. The summed E-state index contributed by atoms with van der Waals surface area (Å²) in [6, 6.07) is 7.74. The molecule has 8 heteroatoms. The van der Waals surface area contributed by atoms with Gasteiger partial charge >= 0.3 is 16.1 Å². The van der Waals surface area contributed by atoms with Crippen molar-refractivity contribution in [2.75, 3.05) is 0 Å². The van der Waals surface area contributed by atoms with Crippen LogP contribution in [0.3, 0.4) is 0 Å². The van der Waals surface area contributed by atoms with Gasteiger partial charge in [-0.3, -0.25) is 13.9 Å². The third-order valence-electron chi connectivity index (χ3n) is 3.37. The van der Waals surface area contributed by atoms with E-state index in [0.29, 0.717) is 6.42 Å². The van der Waals surface area contributed by atoms with Gasteiger partial charge in [0.2, 0.25) is 0 Å². The highest BCUT2D eigenvalue weighted by molar-refractivity contribution is 7.85. The second-order valence-electron chi connectivity index (χ2n) is 5.11. The van der Waals surface area contributed by atoms with Crippen LogP contribution in [-0.2, 0) is 24.2 Å². The van der Waals surface area contributed by atoms with E-state index in [1.54, 1.807) is 25.1 Å². The van der Waals surface area contributed by atoms with E-state index in [4.69, 9.17) is 4.74 Å². The molecule has 1 aromatic rings. The number of benzene rings is 1. The van der Waals surface area contributed by atoms with E-state index >= 15 is 0 Å². The Morgan fingerprint density at radius 1 is 1.27 bits per heavy atom. The Balaban J connectivity index is 2.72. The first kappa shape index (κ1) is 18.7. The lowest BCUT2D eigenvalue weighted by Crippen LogP contribution is -2.20. The van der Waals surface area contributed by atoms with Crippen molar-refractivity contribution in [1.82, 2.24) is 0 Å². The van der Waals surface area contributed by atoms with Crippen LogP contribution < -0.4 is 0 Å². The summed E-state index contributed by atoms with van der Waals surface area (Å²) < 4.78 is 47.7. The Hall–Kier alpha value is -1.30. The molecule has 3 unspecified atom stereocenters. The third-order valence-corrected chi connectivity index (χ3v) is 5.13. The summed E-state index contributed by atoms with van der Waals surface area (Å²) in [6.45, 7) is 3.63. The highest BCUT2D eigenvalue weighted by Crippen LogP contribution is 2.25. The van der Waals surface area contributed by atoms with Crippen LogP contribution in [0.4, 0.5) is 0 Å². The van der Waals surface area contributed by atoms with Crippen LogP contribution in [0.2, 0.25) is 0 Å². The van der Waals surface area contributed by atoms with Crippen LogP contribution in [0, 0.1) is 5.92 Å². The minimum Gasteiger partial charge on any atom is -0.438 e. The second-order valence-corrected chi connectivity index (χ2v) is 7.59. The van der Waals surface area contributed by atoms with Crippen molar-refractivity contribution in [2.45, 2.75) is 37.8 Å². The van der Waals surface area contributed by atoms with E-state index in [0.717, 1.165) is 0 Å². The Kier molecular flexibility index (Phi) is 7.13. The molecule has 0 heterocycles. The van der Waals surface area contributed by atoms with Crippen molar-refractivity contribution < 1.29 is 27.1 Å². The Bertz CT molecular complexity index is 601. The fourth-order valence-electron chi connectivity index (χ4n) is 1.78. The molecule has 0 amide bonds. The molecule has 1 N–H and O–H groups in total. The van der Waals surface area contributed by atoms with Gasteiger partial charge < -0.3 is 4.74 Å². The van der Waals surface area contributed by atoms with E-state index in [-0.39, 0.29) is 32.0 Å². The average molecular weight is 346 g/mol. The number of carbonyl (C=O) groups is 1. The number of hydrogen-bond donors (Lipinski definition) is 1. The van der Waals surface area contributed by atoms with Gasteiger partial charge in [0.05, 0.1) is 0 Å². The first-order chi connectivity index (χ1) is 10.3. The maximum atomic E-state index is 11.8. The summed E-state index contributed by atoms with van der Waals surface area (Å²) in [7, 11) is -4.57. The summed E-state index contributed by atoms with van der Waals surface area (Å²) in [5.41, 5.74) is -1.65. The molecule has 0 spiro atoms. The van der Waals surface area contributed by atoms with Crippen LogP contribution in [-0.4, -0.2) is 24.6 Å². The van der Waals surface area contributed by atoms with Gasteiger partial charge in [0.15, 0.2) is 8.46 Å². The van der Waals surface area contributed by atoms with E-state index in [1.807, 2.05) is 6.92 Å². The van der Waals surface area contributed by atoms with Crippen molar-refractivity contribution in [2.24, 2.45) is 5.92 Å². The summed E-state index contributed by atoms with van der Waals surface area (Å²) in [5, 5.41) is 0. The van der Waals surface area contributed by atoms with Gasteiger partial charge in [-0.15, -0.1) is 0 Å². The molecule has 0 aliphatic heterocycles. The van der Waals surface area contributed by atoms with Crippen molar-refractivity contribution in [1.29, 1.82) is 0 Å². The van der Waals surface area contributed by atoms with Crippen LogP contribution in [0.1, 0.15) is 37.7 Å². The molecule has 0 bridgehead atoms. The molecule has 0 saturated carbocycles. The van der Waals surface area contributed by atoms with Gasteiger partial charge in [0.25, 0.3) is 5.44 Å². The molecule has 0 aliphatic carbocycles. The molecule has 0 radical (unpaired) electrons. The zero-order chi connectivity index (χ0) is 16.8. The average Bonchev–Trinajstić information content (AvgIpc) is 2.49. The van der Waals surface area contributed by atoms with Gasteiger partial charge in [-0.25, -0.2) is 0 Å². The SMILES string of the molecule is CC(CCC(=O)OC(c1ccccc1)S(=O)(=O)O)C(C)P=O. The van der Waals surface area contributed by atoms with Crippen LogP contribution in [0.25, 0.3) is 0 Å². The lowest BCUT2D eigenvalue weighted by molar-refractivity contribution is -0.146. The molecule has 0 saturated heterocycles. The van der Waals surface area contributed by atoms with Gasteiger partial charge in [0.1, 0.15) is 0 Å². The quantitative estimate of drug-likeness (QED) is 0.441. The Morgan fingerprint density at radius 2 is 1.86 bits per heavy atom. The van der Waals surface area contributed by atoms with Crippen molar-refractivity contribution in [3.8, 4) is 0 Å². The second kappa shape index (κ2) is 8.36. The van der Waals surface area contributed by atoms with Gasteiger partial charge in [-0.05, 0) is 12.3 Å². The highest BCUT2D eigenvalue weighted by atomic mass is 32.2. The van der Waals surface area contributed by atoms with Gasteiger partial charge in [-0.1, -0.05) is 44.2 Å². The molecule has 0 aromatic heterocycles. The highest BCUT2D eigenvalue weighted by Gasteiger charge is 2.29. The predicted octanol–water partition coefficient (Wildman–Crippen LogP) is 3.21. The van der Waals surface area contributed by atoms with Crippen LogP contribution in [0.15, 0.2) is 30.3 Å². The summed E-state index contributed by atoms with van der Waals surface area (Å²) in [6.07, 6.45) is 0.405. The first-order valence-electron chi connectivity index (χ1n) is 6.79. The van der Waals surface area contributed by atoms with Crippen molar-refractivity contribution >= 4 is 24.5 Å². The molecular weight excluding hydrogens is 327 g/mol. The molecule has 6 nitrogen and oxygen atoms in total. The maximum absolute atomic E-state index is 11.8. The minimum atomic E-state index is -4.57. The monoisotopic (exact) mass is 346 g/mol. The summed E-state index contributed by atoms with van der Waals surface area (Å²) in [4.78, 5) is 11.8. The van der Waals surface area contributed by atoms with E-state index < -0.39 is 21.5 Å². The molecule has 3 atom stereocenters. The van der Waals surface area contributed by atoms with Crippen LogP contribution >= 0.6 is 8.46 Å². The predicted molar refractivity (Wildman–Crippen MR) is 82.3 cm³/mol. The number of esters is 1. The number of rotatable bonds is 8. The Labute approximate surface area is 131 Å². The topological polar surface area (TPSA) is 97.7 Å². The van der Waals surface area contributed by atoms with Gasteiger partial charge in [-0.2, -0.15) is 8.42 Å². The van der Waals surface area contributed by atoms with Crippen LogP contribution in [0.5, 0.6) is 0 Å². The molecule has 22 heavy (non-hydrogen) atoms. The summed E-state index contributed by atoms with van der Waals surface area (Å²) >= 11 is 0. The molecule has 0 aliphatic rings. The first-order valence-corrected chi connectivity index (χ1v) is 9.17. The molecule has 1 aromatic carbocycles. The number of carbonyl (C=O) groups excluding carboxylic acids is 1. The molecule has 122 valence electrons. The number of hydrogen-bond acceptors (Lipinski definition) is 5. The standard InChI is InChI=1S/C14H19O6PS/c1-10(11(2)21-16)8-9-13(15)20-14(22(17,18)19)12-6-4-3-5-7-12/h3-7,10-11,14H,8-9H2,1-2H3,(H,17,18,19). The Morgan fingerprint density at radius 3 is 2.36 bits per heavy atom. The maximum Gasteiger partial charge on any atom is 0.308 e. The normalized spacial score (nSPS) is 16.0. The van der Waals surface area contributed by atoms with Crippen molar-refractivity contribution in [3.63, 3.8) is 0 Å². The van der Waals surface area contributed by atoms with Gasteiger partial charge in [0, 0.05) is 17.6 Å². The fourth-order valence-corrected chi connectivity index (χ4v) is 2.87. The van der Waals surface area contributed by atoms with E-state index in [9.17, 15) is 22.3 Å². The van der Waals surface area contributed by atoms with E-state index in [2.05, 4.69) is 0 Å². The zero-order valence-corrected chi connectivity index (χ0v) is 14.1. The van der Waals surface area contributed by atoms with Crippen molar-refractivity contribution in [3.05, 3.63) is 35.9 Å². The molecule has 0 fully saturated rings. The minimum absolute atomic E-state index is 0.00166. The smallest absolute Gasteiger partial charge is 0.308 e. The van der Waals surface area contributed by atoms with E-state index in [1.165, 1.54) is 12.1 Å². The number of ether oxygens (including phenoxy) is 1. The lowest BCUT2D eigenvalue weighted by Gasteiger charge is -2.17. The molecule has 1 rings (SSSR count). The zero-order valence-electron chi connectivity index (χ0n) is 12.4. The largest absolute Gasteiger partial charge is 0.438 e.